The number of primary amides is 1. The SMILES string of the molecule is COc1cc(-c2cc(CN(CCO[Si](C)(C)C(C)(C)C)[C@@H](CC(C)C)C(N)=O)ccn2)cc(OC)c1OC. The summed E-state index contributed by atoms with van der Waals surface area (Å²) in [6, 6.07) is 7.36. The van der Waals surface area contributed by atoms with Gasteiger partial charge in [0.15, 0.2) is 19.8 Å². The molecule has 0 unspecified atom stereocenters. The normalized spacial score (nSPS) is 13.1. The van der Waals surface area contributed by atoms with Gasteiger partial charge in [0.25, 0.3) is 0 Å². The summed E-state index contributed by atoms with van der Waals surface area (Å²) in [5.41, 5.74) is 8.53. The fraction of sp³-hybridized carbons (Fsp3) is 0.586. The molecule has 0 saturated carbocycles. The zero-order valence-electron chi connectivity index (χ0n) is 24.9. The van der Waals surface area contributed by atoms with Crippen LogP contribution in [0.1, 0.15) is 46.6 Å². The maximum absolute atomic E-state index is 12.6. The fourth-order valence-electron chi connectivity index (χ4n) is 4.07. The number of ether oxygens (including phenoxy) is 3. The van der Waals surface area contributed by atoms with E-state index in [0.717, 1.165) is 16.8 Å². The zero-order chi connectivity index (χ0) is 28.7. The molecule has 1 heterocycles. The summed E-state index contributed by atoms with van der Waals surface area (Å²) in [7, 11) is 2.84. The number of hydrogen-bond acceptors (Lipinski definition) is 7. The standard InChI is InChI=1S/C29H47N3O5Si/c1-20(2)15-24(28(30)33)32(13-14-37-38(9,10)29(3,4)5)19-21-11-12-31-23(16-21)22-17-25(34-6)27(36-8)26(18-22)35-7/h11-12,16-18,20,24H,13-15,19H2,1-10H3,(H2,30,33)/t24-/m0/s1. The molecule has 0 aliphatic carbocycles. The Kier molecular flexibility index (Phi) is 11.2. The van der Waals surface area contributed by atoms with Crippen molar-refractivity contribution in [2.75, 3.05) is 34.5 Å². The molecular weight excluding hydrogens is 498 g/mol. The van der Waals surface area contributed by atoms with Crippen LogP contribution in [0.5, 0.6) is 17.2 Å². The average Bonchev–Trinajstić information content (AvgIpc) is 2.84. The Morgan fingerprint density at radius 3 is 2.13 bits per heavy atom. The average molecular weight is 546 g/mol. The maximum Gasteiger partial charge on any atom is 0.234 e. The van der Waals surface area contributed by atoms with E-state index in [1.807, 2.05) is 24.3 Å². The second-order valence-corrected chi connectivity index (χ2v) is 16.4. The van der Waals surface area contributed by atoms with Crippen molar-refractivity contribution in [2.45, 2.75) is 71.8 Å². The Hall–Kier alpha value is -2.62. The third-order valence-corrected chi connectivity index (χ3v) is 11.8. The molecule has 2 aromatic rings. The molecule has 0 bridgehead atoms. The van der Waals surface area contributed by atoms with E-state index in [2.05, 4.69) is 57.6 Å². The van der Waals surface area contributed by atoms with E-state index in [9.17, 15) is 4.79 Å². The summed E-state index contributed by atoms with van der Waals surface area (Å²) in [5, 5.41) is 0.110. The summed E-state index contributed by atoms with van der Waals surface area (Å²) in [6.45, 7) is 17.1. The Morgan fingerprint density at radius 1 is 1.05 bits per heavy atom. The lowest BCUT2D eigenvalue weighted by molar-refractivity contribution is -0.124. The molecule has 1 aromatic heterocycles. The molecule has 0 aliphatic rings. The number of benzene rings is 1. The van der Waals surface area contributed by atoms with Gasteiger partial charge in [-0.05, 0) is 60.3 Å². The van der Waals surface area contributed by atoms with Crippen LogP contribution in [0, 0.1) is 5.92 Å². The molecule has 0 saturated heterocycles. The van der Waals surface area contributed by atoms with Gasteiger partial charge < -0.3 is 24.4 Å². The number of hydrogen-bond donors (Lipinski definition) is 1. The van der Waals surface area contributed by atoms with E-state index in [1.165, 1.54) is 0 Å². The molecule has 1 aromatic carbocycles. The van der Waals surface area contributed by atoms with E-state index < -0.39 is 14.4 Å². The number of carbonyl (C=O) groups excluding carboxylic acids is 1. The van der Waals surface area contributed by atoms with Gasteiger partial charge in [-0.2, -0.15) is 0 Å². The molecule has 212 valence electrons. The van der Waals surface area contributed by atoms with Crippen LogP contribution in [-0.2, 0) is 15.8 Å². The first-order chi connectivity index (χ1) is 17.7. The van der Waals surface area contributed by atoms with Crippen LogP contribution in [0.4, 0.5) is 0 Å². The third kappa shape index (κ3) is 8.19. The number of amides is 1. The fourth-order valence-corrected chi connectivity index (χ4v) is 5.10. The maximum atomic E-state index is 12.6. The second kappa shape index (κ2) is 13.4. The zero-order valence-corrected chi connectivity index (χ0v) is 25.9. The first kappa shape index (κ1) is 31.6. The minimum atomic E-state index is -1.92. The Morgan fingerprint density at radius 2 is 1.66 bits per heavy atom. The molecule has 8 nitrogen and oxygen atoms in total. The van der Waals surface area contributed by atoms with E-state index in [4.69, 9.17) is 24.4 Å². The molecule has 2 rings (SSSR count). The van der Waals surface area contributed by atoms with Crippen molar-refractivity contribution in [3.63, 3.8) is 0 Å². The van der Waals surface area contributed by atoms with Gasteiger partial charge in [0.1, 0.15) is 0 Å². The van der Waals surface area contributed by atoms with Crippen LogP contribution in [0.3, 0.4) is 0 Å². The third-order valence-electron chi connectivity index (χ3n) is 7.28. The van der Waals surface area contributed by atoms with Crippen LogP contribution in [0.25, 0.3) is 11.3 Å². The van der Waals surface area contributed by atoms with Crippen LogP contribution < -0.4 is 19.9 Å². The first-order valence-corrected chi connectivity index (χ1v) is 16.1. The summed E-state index contributed by atoms with van der Waals surface area (Å²) < 4.78 is 23.0. The number of nitrogens with zero attached hydrogens (tertiary/aromatic N) is 2. The topological polar surface area (TPSA) is 96.1 Å². The molecule has 0 radical (unpaired) electrons. The monoisotopic (exact) mass is 545 g/mol. The van der Waals surface area contributed by atoms with Crippen LogP contribution in [0.15, 0.2) is 30.5 Å². The highest BCUT2D eigenvalue weighted by atomic mass is 28.4. The van der Waals surface area contributed by atoms with Gasteiger partial charge in [0.2, 0.25) is 11.7 Å². The smallest absolute Gasteiger partial charge is 0.234 e. The highest BCUT2D eigenvalue weighted by Gasteiger charge is 2.37. The van der Waals surface area contributed by atoms with Gasteiger partial charge in [-0.3, -0.25) is 14.7 Å². The molecule has 0 aliphatic heterocycles. The van der Waals surface area contributed by atoms with Gasteiger partial charge in [-0.1, -0.05) is 34.6 Å². The first-order valence-electron chi connectivity index (χ1n) is 13.2. The quantitative estimate of drug-likeness (QED) is 0.313. The predicted octanol–water partition coefficient (Wildman–Crippen LogP) is 5.50. The molecule has 0 spiro atoms. The summed E-state index contributed by atoms with van der Waals surface area (Å²) in [5.74, 6) is 1.66. The number of carbonyl (C=O) groups is 1. The Labute approximate surface area is 229 Å². The number of aromatic nitrogens is 1. The molecule has 1 amide bonds. The van der Waals surface area contributed by atoms with E-state index in [1.54, 1.807) is 27.5 Å². The van der Waals surface area contributed by atoms with Crippen LogP contribution in [0.2, 0.25) is 18.1 Å². The van der Waals surface area contributed by atoms with Crippen molar-refractivity contribution >= 4 is 14.2 Å². The summed E-state index contributed by atoms with van der Waals surface area (Å²) >= 11 is 0. The van der Waals surface area contributed by atoms with Crippen molar-refractivity contribution in [3.05, 3.63) is 36.0 Å². The number of methoxy groups -OCH3 is 3. The molecule has 1 atom stereocenters. The molecule has 2 N–H and O–H groups in total. The summed E-state index contributed by atoms with van der Waals surface area (Å²) in [6.07, 6.45) is 2.46. The van der Waals surface area contributed by atoms with Gasteiger partial charge in [0.05, 0.1) is 33.1 Å². The summed E-state index contributed by atoms with van der Waals surface area (Å²) in [4.78, 5) is 19.3. The Balaban J connectivity index is 2.39. The number of pyridine rings is 1. The highest BCUT2D eigenvalue weighted by molar-refractivity contribution is 6.74. The minimum Gasteiger partial charge on any atom is -0.493 e. The van der Waals surface area contributed by atoms with Crippen LogP contribution in [-0.4, -0.2) is 64.6 Å². The number of nitrogens with two attached hydrogens (primary N) is 1. The Bertz CT molecular complexity index is 1040. The molecule has 38 heavy (non-hydrogen) atoms. The lowest BCUT2D eigenvalue weighted by Gasteiger charge is -2.37. The predicted molar refractivity (Wildman–Crippen MR) is 155 cm³/mol. The molecular formula is C29H47N3O5Si. The lowest BCUT2D eigenvalue weighted by Crippen LogP contribution is -2.48. The molecule has 9 heteroatoms. The van der Waals surface area contributed by atoms with Gasteiger partial charge in [-0.25, -0.2) is 0 Å². The largest absolute Gasteiger partial charge is 0.493 e. The molecule has 0 fully saturated rings. The van der Waals surface area contributed by atoms with Crippen molar-refractivity contribution in [3.8, 4) is 28.5 Å². The van der Waals surface area contributed by atoms with E-state index in [-0.39, 0.29) is 10.9 Å². The highest BCUT2D eigenvalue weighted by Crippen LogP contribution is 2.41. The van der Waals surface area contributed by atoms with E-state index in [0.29, 0.717) is 49.3 Å². The van der Waals surface area contributed by atoms with Crippen molar-refractivity contribution < 1.29 is 23.4 Å². The van der Waals surface area contributed by atoms with Gasteiger partial charge in [0, 0.05) is 31.5 Å². The van der Waals surface area contributed by atoms with Crippen molar-refractivity contribution in [1.29, 1.82) is 0 Å². The second-order valence-electron chi connectivity index (χ2n) is 11.6. The lowest BCUT2D eigenvalue weighted by atomic mass is 10.0. The van der Waals surface area contributed by atoms with Crippen LogP contribution >= 0.6 is 0 Å². The van der Waals surface area contributed by atoms with Gasteiger partial charge in [-0.15, -0.1) is 0 Å². The van der Waals surface area contributed by atoms with Crippen molar-refractivity contribution in [1.82, 2.24) is 9.88 Å². The number of rotatable bonds is 14. The van der Waals surface area contributed by atoms with Gasteiger partial charge >= 0.3 is 0 Å². The minimum absolute atomic E-state index is 0.110. The van der Waals surface area contributed by atoms with Crippen molar-refractivity contribution in [2.24, 2.45) is 11.7 Å². The van der Waals surface area contributed by atoms with E-state index >= 15 is 0 Å².